The molecule has 1 aliphatic heterocycles. The van der Waals surface area contributed by atoms with Gasteiger partial charge in [0.25, 0.3) is 5.91 Å². The van der Waals surface area contributed by atoms with Gasteiger partial charge in [0.2, 0.25) is 0 Å². The molecule has 6 nitrogen and oxygen atoms in total. The summed E-state index contributed by atoms with van der Waals surface area (Å²) in [4.78, 5) is 24.4. The maximum atomic E-state index is 13.5. The van der Waals surface area contributed by atoms with Crippen molar-refractivity contribution in [3.63, 3.8) is 0 Å². The highest BCUT2D eigenvalue weighted by Gasteiger charge is 2.29. The summed E-state index contributed by atoms with van der Waals surface area (Å²) in [6.07, 6.45) is 0.854. The lowest BCUT2D eigenvalue weighted by Crippen LogP contribution is -2.28. The van der Waals surface area contributed by atoms with E-state index in [4.69, 9.17) is 4.98 Å². The Morgan fingerprint density at radius 1 is 1.06 bits per heavy atom. The van der Waals surface area contributed by atoms with Crippen LogP contribution in [0.1, 0.15) is 39.9 Å². The van der Waals surface area contributed by atoms with Crippen LogP contribution in [0.4, 0.5) is 15.8 Å². The van der Waals surface area contributed by atoms with Crippen molar-refractivity contribution in [2.75, 3.05) is 18.4 Å². The van der Waals surface area contributed by atoms with E-state index in [0.717, 1.165) is 40.4 Å². The third kappa shape index (κ3) is 4.18. The molecule has 168 valence electrons. The van der Waals surface area contributed by atoms with E-state index in [-0.39, 0.29) is 17.6 Å². The molecular weight excluding hydrogens is 417 g/mol. The number of carbonyl (C=O) groups is 1. The molecule has 4 aromatic rings. The quantitative estimate of drug-likeness (QED) is 0.477. The lowest BCUT2D eigenvalue weighted by Gasteiger charge is -2.17. The SMILES string of the molecule is Cc1cc(Nc2cccc(F)c2)cc(C2CCN(C(=O)c3ccc4c(c3)nc(C)n4C)C2)n1. The molecule has 5 rings (SSSR count). The van der Waals surface area contributed by atoms with Crippen molar-refractivity contribution < 1.29 is 9.18 Å². The molecule has 0 spiro atoms. The third-order valence-corrected chi connectivity index (χ3v) is 6.33. The maximum Gasteiger partial charge on any atom is 0.253 e. The molecule has 1 unspecified atom stereocenters. The van der Waals surface area contributed by atoms with Gasteiger partial charge in [-0.15, -0.1) is 0 Å². The largest absolute Gasteiger partial charge is 0.355 e. The summed E-state index contributed by atoms with van der Waals surface area (Å²) in [6.45, 7) is 5.21. The Balaban J connectivity index is 1.33. The van der Waals surface area contributed by atoms with Crippen LogP contribution < -0.4 is 5.32 Å². The van der Waals surface area contributed by atoms with Crippen LogP contribution in [-0.2, 0) is 7.05 Å². The number of halogens is 1. The standard InChI is InChI=1S/C26H26FN5O/c1-16-11-22(30-21-6-4-5-20(27)13-21)14-23(28-16)19-9-10-32(15-19)26(33)18-7-8-25-24(12-18)29-17(2)31(25)3/h4-8,11-14,19H,9-10,15H2,1-3H3,(H,28,30). The summed E-state index contributed by atoms with van der Waals surface area (Å²) in [5.74, 6) is 0.815. The number of amides is 1. The second-order valence-corrected chi connectivity index (χ2v) is 8.72. The Morgan fingerprint density at radius 2 is 1.91 bits per heavy atom. The number of hydrogen-bond acceptors (Lipinski definition) is 4. The minimum absolute atomic E-state index is 0.0217. The van der Waals surface area contributed by atoms with Crippen LogP contribution in [0.25, 0.3) is 11.0 Å². The number of aromatic nitrogens is 3. The van der Waals surface area contributed by atoms with E-state index in [1.54, 1.807) is 6.07 Å². The fourth-order valence-corrected chi connectivity index (χ4v) is 4.53. The molecule has 1 aliphatic rings. The second kappa shape index (κ2) is 8.31. The molecule has 0 bridgehead atoms. The number of aryl methyl sites for hydroxylation is 3. The van der Waals surface area contributed by atoms with Gasteiger partial charge in [-0.1, -0.05) is 6.07 Å². The third-order valence-electron chi connectivity index (χ3n) is 6.33. The summed E-state index contributed by atoms with van der Waals surface area (Å²) in [7, 11) is 1.98. The Labute approximate surface area is 192 Å². The zero-order valence-corrected chi connectivity index (χ0v) is 19.0. The van der Waals surface area contributed by atoms with Gasteiger partial charge in [-0.3, -0.25) is 9.78 Å². The van der Waals surface area contributed by atoms with Gasteiger partial charge in [0.05, 0.1) is 11.0 Å². The molecule has 3 heterocycles. The van der Waals surface area contributed by atoms with Gasteiger partial charge in [0.15, 0.2) is 0 Å². The predicted molar refractivity (Wildman–Crippen MR) is 127 cm³/mol. The fraction of sp³-hybridized carbons (Fsp3) is 0.269. The first-order valence-corrected chi connectivity index (χ1v) is 11.1. The van der Waals surface area contributed by atoms with Crippen molar-refractivity contribution in [1.82, 2.24) is 19.4 Å². The molecule has 1 saturated heterocycles. The van der Waals surface area contributed by atoms with E-state index in [0.29, 0.717) is 24.3 Å². The molecule has 0 saturated carbocycles. The summed E-state index contributed by atoms with van der Waals surface area (Å²) < 4.78 is 15.6. The van der Waals surface area contributed by atoms with Crippen LogP contribution in [0.2, 0.25) is 0 Å². The molecule has 1 atom stereocenters. The molecule has 2 aromatic carbocycles. The van der Waals surface area contributed by atoms with Gasteiger partial charge in [0.1, 0.15) is 11.6 Å². The average molecular weight is 444 g/mol. The minimum atomic E-state index is -0.282. The molecule has 2 aromatic heterocycles. The zero-order valence-electron chi connectivity index (χ0n) is 19.0. The van der Waals surface area contributed by atoms with E-state index in [1.807, 2.05) is 66.8 Å². The number of hydrogen-bond donors (Lipinski definition) is 1. The van der Waals surface area contributed by atoms with Crippen molar-refractivity contribution in [3.05, 3.63) is 83.2 Å². The number of nitrogens with zero attached hydrogens (tertiary/aromatic N) is 4. The van der Waals surface area contributed by atoms with Crippen LogP contribution >= 0.6 is 0 Å². The molecule has 7 heteroatoms. The van der Waals surface area contributed by atoms with Gasteiger partial charge in [-0.05, 0) is 68.8 Å². The lowest BCUT2D eigenvalue weighted by atomic mass is 10.0. The number of imidazole rings is 1. The van der Waals surface area contributed by atoms with E-state index < -0.39 is 0 Å². The molecule has 1 N–H and O–H groups in total. The average Bonchev–Trinajstić information content (AvgIpc) is 3.38. The van der Waals surface area contributed by atoms with Crippen LogP contribution in [-0.4, -0.2) is 38.4 Å². The number of pyridine rings is 1. The van der Waals surface area contributed by atoms with Gasteiger partial charge < -0.3 is 14.8 Å². The van der Waals surface area contributed by atoms with Crippen molar-refractivity contribution in [2.24, 2.45) is 7.05 Å². The molecule has 33 heavy (non-hydrogen) atoms. The highest BCUT2D eigenvalue weighted by Crippen LogP contribution is 2.30. The first-order chi connectivity index (χ1) is 15.9. The maximum absolute atomic E-state index is 13.5. The lowest BCUT2D eigenvalue weighted by molar-refractivity contribution is 0.0791. The normalized spacial score (nSPS) is 15.9. The van der Waals surface area contributed by atoms with Crippen molar-refractivity contribution in [1.29, 1.82) is 0 Å². The van der Waals surface area contributed by atoms with E-state index in [2.05, 4.69) is 10.3 Å². The molecule has 0 radical (unpaired) electrons. The highest BCUT2D eigenvalue weighted by atomic mass is 19.1. The monoisotopic (exact) mass is 443 g/mol. The zero-order chi connectivity index (χ0) is 23.1. The van der Waals surface area contributed by atoms with Gasteiger partial charge in [-0.2, -0.15) is 0 Å². The second-order valence-electron chi connectivity index (χ2n) is 8.72. The van der Waals surface area contributed by atoms with E-state index >= 15 is 0 Å². The first-order valence-electron chi connectivity index (χ1n) is 11.1. The van der Waals surface area contributed by atoms with Gasteiger partial charge in [0, 0.05) is 54.4 Å². The predicted octanol–water partition coefficient (Wildman–Crippen LogP) is 5.10. The summed E-state index contributed by atoms with van der Waals surface area (Å²) in [6, 6.07) is 16.1. The van der Waals surface area contributed by atoms with Crippen molar-refractivity contribution in [2.45, 2.75) is 26.2 Å². The topological polar surface area (TPSA) is 63.1 Å². The summed E-state index contributed by atoms with van der Waals surface area (Å²) in [5, 5.41) is 3.26. The van der Waals surface area contributed by atoms with Gasteiger partial charge >= 0.3 is 0 Å². The number of benzene rings is 2. The van der Waals surface area contributed by atoms with E-state index in [1.165, 1.54) is 12.1 Å². The Morgan fingerprint density at radius 3 is 2.73 bits per heavy atom. The number of fused-ring (bicyclic) bond motifs is 1. The highest BCUT2D eigenvalue weighted by molar-refractivity contribution is 5.97. The molecule has 1 amide bonds. The number of nitrogens with one attached hydrogen (secondary N) is 1. The first kappa shape index (κ1) is 21.1. The van der Waals surface area contributed by atoms with Crippen LogP contribution in [0.5, 0.6) is 0 Å². The Kier molecular flexibility index (Phi) is 5.32. The fourth-order valence-electron chi connectivity index (χ4n) is 4.53. The minimum Gasteiger partial charge on any atom is -0.355 e. The van der Waals surface area contributed by atoms with Crippen molar-refractivity contribution in [3.8, 4) is 0 Å². The van der Waals surface area contributed by atoms with Crippen LogP contribution in [0.3, 0.4) is 0 Å². The van der Waals surface area contributed by atoms with E-state index in [9.17, 15) is 9.18 Å². The number of rotatable bonds is 4. The molecular formula is C26H26FN5O. The number of carbonyl (C=O) groups excluding carboxylic acids is 1. The van der Waals surface area contributed by atoms with Crippen LogP contribution in [0, 0.1) is 19.7 Å². The summed E-state index contributed by atoms with van der Waals surface area (Å²) >= 11 is 0. The van der Waals surface area contributed by atoms with Crippen LogP contribution in [0.15, 0.2) is 54.6 Å². The Hall–Kier alpha value is -3.74. The Bertz CT molecular complexity index is 1360. The summed E-state index contributed by atoms with van der Waals surface area (Å²) in [5.41, 5.74) is 5.90. The number of anilines is 2. The molecule has 0 aliphatic carbocycles. The molecule has 1 fully saturated rings. The smallest absolute Gasteiger partial charge is 0.253 e. The van der Waals surface area contributed by atoms with Gasteiger partial charge in [-0.25, -0.2) is 9.37 Å². The van der Waals surface area contributed by atoms with Crippen molar-refractivity contribution >= 4 is 28.3 Å². The number of likely N-dealkylation sites (tertiary alicyclic amines) is 1.